The molecule has 4 rings (SSSR count). The molecule has 7 heteroatoms. The van der Waals surface area contributed by atoms with Gasteiger partial charge in [0.15, 0.2) is 0 Å². The number of ether oxygens (including phenoxy) is 1. The van der Waals surface area contributed by atoms with Crippen LogP contribution in [0.1, 0.15) is 12.8 Å². The molecule has 0 aromatic heterocycles. The number of para-hydroxylation sites is 1. The van der Waals surface area contributed by atoms with Gasteiger partial charge in [-0.15, -0.1) is 0 Å². The number of benzene rings is 1. The highest BCUT2D eigenvalue weighted by molar-refractivity contribution is 6.07. The highest BCUT2D eigenvalue weighted by atomic mass is 16.5. The van der Waals surface area contributed by atoms with Crippen molar-refractivity contribution < 1.29 is 19.1 Å². The number of hydrogen-bond donors (Lipinski definition) is 0. The van der Waals surface area contributed by atoms with Crippen molar-refractivity contribution in [2.45, 2.75) is 12.8 Å². The van der Waals surface area contributed by atoms with Crippen molar-refractivity contribution in [3.05, 3.63) is 42.5 Å². The smallest absolute Gasteiger partial charge is 0.242 e. The molecule has 3 amide bonds. The summed E-state index contributed by atoms with van der Waals surface area (Å²) in [5, 5.41) is 0. The Morgan fingerprint density at radius 3 is 2.17 bits per heavy atom. The second-order valence-electron chi connectivity index (χ2n) is 7.80. The van der Waals surface area contributed by atoms with Gasteiger partial charge in [0.2, 0.25) is 17.7 Å². The van der Waals surface area contributed by atoms with Crippen LogP contribution in [-0.4, -0.2) is 78.3 Å². The van der Waals surface area contributed by atoms with Gasteiger partial charge >= 0.3 is 0 Å². The fraction of sp³-hybridized carbons (Fsp3) is 0.500. The van der Waals surface area contributed by atoms with Crippen LogP contribution in [0.3, 0.4) is 0 Å². The molecule has 0 saturated carbocycles. The number of allylic oxidation sites excluding steroid dienone is 2. The maximum absolute atomic E-state index is 12.7. The SMILES string of the molecule is O=C(CN1C(=O)C2CC=CCC2C1=O)N1CCN(CCOc2ccccc2)CC1. The fourth-order valence-electron chi connectivity index (χ4n) is 4.29. The van der Waals surface area contributed by atoms with E-state index in [1.54, 1.807) is 4.90 Å². The van der Waals surface area contributed by atoms with Gasteiger partial charge in [0.05, 0.1) is 11.8 Å². The number of carbonyl (C=O) groups is 3. The van der Waals surface area contributed by atoms with E-state index in [1.165, 1.54) is 4.90 Å². The lowest BCUT2D eigenvalue weighted by atomic mass is 9.85. The van der Waals surface area contributed by atoms with Gasteiger partial charge in [-0.05, 0) is 25.0 Å². The van der Waals surface area contributed by atoms with Crippen LogP contribution in [0.2, 0.25) is 0 Å². The molecule has 1 aromatic carbocycles. The lowest BCUT2D eigenvalue weighted by Gasteiger charge is -2.35. The average Bonchev–Trinajstić information content (AvgIpc) is 3.00. The monoisotopic (exact) mass is 397 g/mol. The van der Waals surface area contributed by atoms with E-state index in [0.29, 0.717) is 32.5 Å². The summed E-state index contributed by atoms with van der Waals surface area (Å²) in [5.74, 6) is -0.206. The van der Waals surface area contributed by atoms with Crippen LogP contribution in [-0.2, 0) is 14.4 Å². The molecule has 3 aliphatic rings. The first-order valence-corrected chi connectivity index (χ1v) is 10.3. The number of likely N-dealkylation sites (tertiary alicyclic amines) is 1. The van der Waals surface area contributed by atoms with Gasteiger partial charge in [-0.1, -0.05) is 30.4 Å². The third kappa shape index (κ3) is 4.34. The first kappa shape index (κ1) is 19.6. The summed E-state index contributed by atoms with van der Waals surface area (Å²) in [6.07, 6.45) is 5.12. The Labute approximate surface area is 170 Å². The maximum atomic E-state index is 12.7. The van der Waals surface area contributed by atoms with E-state index in [9.17, 15) is 14.4 Å². The van der Waals surface area contributed by atoms with Gasteiger partial charge in [-0.2, -0.15) is 0 Å². The van der Waals surface area contributed by atoms with Crippen molar-refractivity contribution in [3.8, 4) is 5.75 Å². The van der Waals surface area contributed by atoms with Gasteiger partial charge in [0.1, 0.15) is 18.9 Å². The summed E-state index contributed by atoms with van der Waals surface area (Å²) in [7, 11) is 0. The molecule has 0 spiro atoms. The highest BCUT2D eigenvalue weighted by Crippen LogP contribution is 2.34. The van der Waals surface area contributed by atoms with Crippen molar-refractivity contribution >= 4 is 17.7 Å². The first-order chi connectivity index (χ1) is 14.1. The topological polar surface area (TPSA) is 70.2 Å². The van der Waals surface area contributed by atoms with E-state index in [1.807, 2.05) is 42.5 Å². The third-order valence-electron chi connectivity index (χ3n) is 6.04. The van der Waals surface area contributed by atoms with Crippen LogP contribution in [0.5, 0.6) is 5.75 Å². The zero-order valence-electron chi connectivity index (χ0n) is 16.5. The Hall–Kier alpha value is -2.67. The second kappa shape index (κ2) is 8.78. The molecule has 2 saturated heterocycles. The quantitative estimate of drug-likeness (QED) is 0.532. The largest absolute Gasteiger partial charge is 0.492 e. The molecule has 7 nitrogen and oxygen atoms in total. The lowest BCUT2D eigenvalue weighted by molar-refractivity contribution is -0.147. The number of nitrogens with zero attached hydrogens (tertiary/aromatic N) is 3. The second-order valence-corrected chi connectivity index (χ2v) is 7.80. The summed E-state index contributed by atoms with van der Waals surface area (Å²) in [5.41, 5.74) is 0. The molecule has 1 aromatic rings. The molecule has 0 bridgehead atoms. The van der Waals surface area contributed by atoms with Gasteiger partial charge in [-0.25, -0.2) is 0 Å². The molecule has 2 atom stereocenters. The van der Waals surface area contributed by atoms with Gasteiger partial charge < -0.3 is 9.64 Å². The standard InChI is InChI=1S/C22H27N3O4/c26-20(16-25-21(27)18-8-4-5-9-19(18)22(25)28)24-12-10-23(11-13-24)14-15-29-17-6-2-1-3-7-17/h1-7,18-19H,8-16H2. The zero-order valence-corrected chi connectivity index (χ0v) is 16.5. The Bertz CT molecular complexity index is 761. The normalized spacial score (nSPS) is 24.7. The number of piperazine rings is 1. The summed E-state index contributed by atoms with van der Waals surface area (Å²) in [6, 6.07) is 9.71. The van der Waals surface area contributed by atoms with Crippen LogP contribution >= 0.6 is 0 Å². The molecule has 29 heavy (non-hydrogen) atoms. The Balaban J connectivity index is 1.21. The van der Waals surface area contributed by atoms with Crippen LogP contribution in [0.4, 0.5) is 0 Å². The minimum absolute atomic E-state index is 0.123. The summed E-state index contributed by atoms with van der Waals surface area (Å²) in [6.45, 7) is 4.02. The molecule has 1 aliphatic carbocycles. The number of imide groups is 1. The van der Waals surface area contributed by atoms with Crippen LogP contribution in [0.15, 0.2) is 42.5 Å². The van der Waals surface area contributed by atoms with Gasteiger partial charge in [-0.3, -0.25) is 24.2 Å². The molecule has 0 N–H and O–H groups in total. The predicted octanol–water partition coefficient (Wildman–Crippen LogP) is 1.16. The van der Waals surface area contributed by atoms with Crippen LogP contribution in [0.25, 0.3) is 0 Å². The minimum atomic E-state index is -0.276. The number of rotatable bonds is 6. The van der Waals surface area contributed by atoms with Gasteiger partial charge in [0, 0.05) is 32.7 Å². The lowest BCUT2D eigenvalue weighted by Crippen LogP contribution is -2.52. The van der Waals surface area contributed by atoms with Crippen LogP contribution < -0.4 is 4.74 Å². The average molecular weight is 397 g/mol. The van der Waals surface area contributed by atoms with E-state index < -0.39 is 0 Å². The Kier molecular flexibility index (Phi) is 5.94. The van der Waals surface area contributed by atoms with E-state index >= 15 is 0 Å². The third-order valence-corrected chi connectivity index (χ3v) is 6.04. The van der Waals surface area contributed by atoms with E-state index in [4.69, 9.17) is 4.74 Å². The molecular weight excluding hydrogens is 370 g/mol. The van der Waals surface area contributed by atoms with Crippen LogP contribution in [0, 0.1) is 11.8 Å². The number of hydrogen-bond acceptors (Lipinski definition) is 5. The molecular formula is C22H27N3O4. The van der Waals surface area contributed by atoms with E-state index in [2.05, 4.69) is 4.90 Å². The van der Waals surface area contributed by atoms with Crippen molar-refractivity contribution in [1.82, 2.24) is 14.7 Å². The maximum Gasteiger partial charge on any atom is 0.242 e. The van der Waals surface area contributed by atoms with Crippen molar-refractivity contribution in [3.63, 3.8) is 0 Å². The van der Waals surface area contributed by atoms with Crippen molar-refractivity contribution in [2.24, 2.45) is 11.8 Å². The summed E-state index contributed by atoms with van der Waals surface area (Å²) >= 11 is 0. The van der Waals surface area contributed by atoms with Gasteiger partial charge in [0.25, 0.3) is 0 Å². The Morgan fingerprint density at radius 1 is 0.931 bits per heavy atom. The molecule has 0 radical (unpaired) electrons. The van der Waals surface area contributed by atoms with Crippen molar-refractivity contribution in [1.29, 1.82) is 0 Å². The Morgan fingerprint density at radius 2 is 1.55 bits per heavy atom. The number of carbonyl (C=O) groups excluding carboxylic acids is 3. The molecule has 2 fully saturated rings. The first-order valence-electron chi connectivity index (χ1n) is 10.3. The molecule has 2 unspecified atom stereocenters. The minimum Gasteiger partial charge on any atom is -0.492 e. The molecule has 2 aliphatic heterocycles. The summed E-state index contributed by atoms with van der Waals surface area (Å²) in [4.78, 5) is 43.0. The predicted molar refractivity (Wildman–Crippen MR) is 107 cm³/mol. The molecule has 2 heterocycles. The number of amides is 3. The number of fused-ring (bicyclic) bond motifs is 1. The zero-order chi connectivity index (χ0) is 20.2. The molecule has 154 valence electrons. The fourth-order valence-corrected chi connectivity index (χ4v) is 4.29. The summed E-state index contributed by atoms with van der Waals surface area (Å²) < 4.78 is 5.73. The highest BCUT2D eigenvalue weighted by Gasteiger charge is 2.47. The van der Waals surface area contributed by atoms with Crippen molar-refractivity contribution in [2.75, 3.05) is 45.9 Å². The van der Waals surface area contributed by atoms with E-state index in [0.717, 1.165) is 25.4 Å². The van der Waals surface area contributed by atoms with E-state index in [-0.39, 0.29) is 36.1 Å².